The molecule has 0 aliphatic carbocycles. The number of rotatable bonds is 4. The van der Waals surface area contributed by atoms with E-state index < -0.39 is 23.9 Å². The van der Waals surface area contributed by atoms with Gasteiger partial charge in [0.1, 0.15) is 11.0 Å². The summed E-state index contributed by atoms with van der Waals surface area (Å²) in [5.74, 6) is -1.44. The summed E-state index contributed by atoms with van der Waals surface area (Å²) in [6.45, 7) is 3.64. The standard InChI is InChI=1S/C14H16BrN3O5S/c1-3-23-13(21)9-6(2)10(15)24-12(9)18-14(22)16-7-4-5-8(19)17-11(7)20/h7H,3-5H2,1-2H3,(H2,16,18,22)(H,17,19,20). The third kappa shape index (κ3) is 4.12. The summed E-state index contributed by atoms with van der Waals surface area (Å²) in [7, 11) is 0. The van der Waals surface area contributed by atoms with E-state index in [1.165, 1.54) is 11.3 Å². The fourth-order valence-electron chi connectivity index (χ4n) is 2.15. The summed E-state index contributed by atoms with van der Waals surface area (Å²) < 4.78 is 5.69. The average Bonchev–Trinajstić information content (AvgIpc) is 2.77. The monoisotopic (exact) mass is 417 g/mol. The van der Waals surface area contributed by atoms with Crippen molar-refractivity contribution in [2.24, 2.45) is 0 Å². The molecule has 0 spiro atoms. The number of imide groups is 1. The van der Waals surface area contributed by atoms with Gasteiger partial charge in [-0.05, 0) is 41.8 Å². The van der Waals surface area contributed by atoms with Crippen molar-refractivity contribution in [2.45, 2.75) is 32.7 Å². The first-order valence-electron chi connectivity index (χ1n) is 7.20. The second-order valence-electron chi connectivity index (χ2n) is 5.03. The molecule has 0 radical (unpaired) electrons. The van der Waals surface area contributed by atoms with Crippen LogP contribution in [-0.4, -0.2) is 36.5 Å². The first-order valence-corrected chi connectivity index (χ1v) is 8.81. The van der Waals surface area contributed by atoms with Crippen LogP contribution >= 0.6 is 27.3 Å². The number of urea groups is 1. The van der Waals surface area contributed by atoms with E-state index in [0.29, 0.717) is 14.4 Å². The van der Waals surface area contributed by atoms with E-state index in [2.05, 4.69) is 31.9 Å². The Kier molecular flexibility index (Phi) is 5.94. The van der Waals surface area contributed by atoms with Gasteiger partial charge in [-0.25, -0.2) is 9.59 Å². The zero-order valence-electron chi connectivity index (χ0n) is 13.0. The van der Waals surface area contributed by atoms with Gasteiger partial charge < -0.3 is 10.1 Å². The number of ether oxygens (including phenoxy) is 1. The molecule has 1 aromatic rings. The number of piperidine rings is 1. The van der Waals surface area contributed by atoms with Gasteiger partial charge in [-0.2, -0.15) is 0 Å². The van der Waals surface area contributed by atoms with Crippen molar-refractivity contribution >= 4 is 56.1 Å². The number of nitrogens with one attached hydrogen (secondary N) is 3. The number of thiophene rings is 1. The molecule has 130 valence electrons. The molecule has 8 nitrogen and oxygen atoms in total. The molecule has 0 aromatic carbocycles. The molecule has 2 heterocycles. The molecule has 1 fully saturated rings. The molecule has 1 aliphatic rings. The van der Waals surface area contributed by atoms with Crippen molar-refractivity contribution in [3.63, 3.8) is 0 Å². The van der Waals surface area contributed by atoms with E-state index in [4.69, 9.17) is 4.74 Å². The molecule has 10 heteroatoms. The molecular formula is C14H16BrN3O5S. The lowest BCUT2D eigenvalue weighted by molar-refractivity contribution is -0.134. The minimum atomic E-state index is -0.793. The molecule has 0 bridgehead atoms. The van der Waals surface area contributed by atoms with Crippen LogP contribution in [0.2, 0.25) is 0 Å². The Morgan fingerprint density at radius 3 is 2.75 bits per heavy atom. The van der Waals surface area contributed by atoms with Gasteiger partial charge in [0.25, 0.3) is 0 Å². The Hall–Kier alpha value is -1.94. The fourth-order valence-corrected chi connectivity index (χ4v) is 3.75. The van der Waals surface area contributed by atoms with Crippen molar-refractivity contribution in [3.8, 4) is 0 Å². The Morgan fingerprint density at radius 1 is 1.42 bits per heavy atom. The van der Waals surface area contributed by atoms with Crippen LogP contribution in [0.3, 0.4) is 0 Å². The largest absolute Gasteiger partial charge is 0.462 e. The summed E-state index contributed by atoms with van der Waals surface area (Å²) in [5.41, 5.74) is 0.932. The van der Waals surface area contributed by atoms with Crippen molar-refractivity contribution in [1.29, 1.82) is 0 Å². The zero-order valence-corrected chi connectivity index (χ0v) is 15.4. The third-order valence-corrected chi connectivity index (χ3v) is 5.42. The second-order valence-corrected chi connectivity index (χ2v) is 7.37. The zero-order chi connectivity index (χ0) is 17.9. The lowest BCUT2D eigenvalue weighted by Crippen LogP contribution is -2.53. The molecule has 1 atom stereocenters. The highest BCUT2D eigenvalue weighted by molar-refractivity contribution is 9.11. The number of halogens is 1. The van der Waals surface area contributed by atoms with Crippen LogP contribution in [0, 0.1) is 6.92 Å². The Balaban J connectivity index is 2.09. The van der Waals surface area contributed by atoms with E-state index in [0.717, 1.165) is 0 Å². The number of carbonyl (C=O) groups excluding carboxylic acids is 4. The lowest BCUT2D eigenvalue weighted by atomic mass is 10.1. The average molecular weight is 418 g/mol. The summed E-state index contributed by atoms with van der Waals surface area (Å²) in [6, 6.07) is -1.43. The van der Waals surface area contributed by atoms with Gasteiger partial charge in [0.2, 0.25) is 11.8 Å². The molecular weight excluding hydrogens is 402 g/mol. The quantitative estimate of drug-likeness (QED) is 0.511. The smallest absolute Gasteiger partial charge is 0.341 e. The molecule has 3 N–H and O–H groups in total. The van der Waals surface area contributed by atoms with E-state index in [1.807, 2.05) is 0 Å². The molecule has 1 aliphatic heterocycles. The minimum absolute atomic E-state index is 0.161. The third-order valence-electron chi connectivity index (χ3n) is 3.34. The molecule has 1 unspecified atom stereocenters. The molecule has 0 saturated carbocycles. The molecule has 2 rings (SSSR count). The Labute approximate surface area is 150 Å². The summed E-state index contributed by atoms with van der Waals surface area (Å²) in [4.78, 5) is 46.9. The summed E-state index contributed by atoms with van der Waals surface area (Å²) in [5, 5.41) is 7.53. The van der Waals surface area contributed by atoms with Crippen LogP contribution in [0.15, 0.2) is 3.79 Å². The van der Waals surface area contributed by atoms with E-state index in [-0.39, 0.29) is 30.9 Å². The highest BCUT2D eigenvalue weighted by Crippen LogP contribution is 2.37. The second kappa shape index (κ2) is 7.75. The van der Waals surface area contributed by atoms with Crippen LogP contribution in [0.4, 0.5) is 9.80 Å². The van der Waals surface area contributed by atoms with Crippen molar-refractivity contribution in [2.75, 3.05) is 11.9 Å². The van der Waals surface area contributed by atoms with Crippen molar-refractivity contribution in [3.05, 3.63) is 14.9 Å². The van der Waals surface area contributed by atoms with Gasteiger partial charge in [-0.15, -0.1) is 11.3 Å². The number of anilines is 1. The van der Waals surface area contributed by atoms with Gasteiger partial charge in [0, 0.05) is 6.42 Å². The minimum Gasteiger partial charge on any atom is -0.462 e. The van der Waals surface area contributed by atoms with Gasteiger partial charge in [-0.3, -0.25) is 20.2 Å². The van der Waals surface area contributed by atoms with E-state index in [1.54, 1.807) is 13.8 Å². The summed E-state index contributed by atoms with van der Waals surface area (Å²) in [6.07, 6.45) is 0.393. The van der Waals surface area contributed by atoms with Crippen molar-refractivity contribution < 1.29 is 23.9 Å². The maximum atomic E-state index is 12.1. The van der Waals surface area contributed by atoms with Crippen molar-refractivity contribution in [1.82, 2.24) is 10.6 Å². The molecule has 4 amide bonds. The topological polar surface area (TPSA) is 114 Å². The number of carbonyl (C=O) groups is 4. The van der Waals surface area contributed by atoms with Gasteiger partial charge >= 0.3 is 12.0 Å². The van der Waals surface area contributed by atoms with Gasteiger partial charge in [-0.1, -0.05) is 0 Å². The SMILES string of the molecule is CCOC(=O)c1c(NC(=O)NC2CCC(=O)NC2=O)sc(Br)c1C. The van der Waals surface area contributed by atoms with Gasteiger partial charge in [0.05, 0.1) is 16.0 Å². The molecule has 1 aromatic heterocycles. The predicted octanol–water partition coefficient (Wildman–Crippen LogP) is 1.92. The lowest BCUT2D eigenvalue weighted by Gasteiger charge is -2.21. The first kappa shape index (κ1) is 18.4. The number of hydrogen-bond donors (Lipinski definition) is 3. The van der Waals surface area contributed by atoms with Crippen LogP contribution in [0.1, 0.15) is 35.7 Å². The highest BCUT2D eigenvalue weighted by atomic mass is 79.9. The number of hydrogen-bond acceptors (Lipinski definition) is 6. The number of amides is 4. The number of esters is 1. The fraction of sp³-hybridized carbons (Fsp3) is 0.429. The van der Waals surface area contributed by atoms with E-state index >= 15 is 0 Å². The molecule has 24 heavy (non-hydrogen) atoms. The maximum Gasteiger partial charge on any atom is 0.341 e. The normalized spacial score (nSPS) is 17.2. The maximum absolute atomic E-state index is 12.1. The summed E-state index contributed by atoms with van der Waals surface area (Å²) >= 11 is 4.50. The Morgan fingerprint density at radius 2 is 2.12 bits per heavy atom. The van der Waals surface area contributed by atoms with E-state index in [9.17, 15) is 19.2 Å². The first-order chi connectivity index (χ1) is 11.3. The van der Waals surface area contributed by atoms with Crippen LogP contribution in [0.25, 0.3) is 0 Å². The van der Waals surface area contributed by atoms with Crippen LogP contribution in [0.5, 0.6) is 0 Å². The highest BCUT2D eigenvalue weighted by Gasteiger charge is 2.29. The Bertz CT molecular complexity index is 703. The van der Waals surface area contributed by atoms with Crippen LogP contribution < -0.4 is 16.0 Å². The molecule has 1 saturated heterocycles. The predicted molar refractivity (Wildman–Crippen MR) is 91.0 cm³/mol. The van der Waals surface area contributed by atoms with Gasteiger partial charge in [0.15, 0.2) is 0 Å². The van der Waals surface area contributed by atoms with Crippen LogP contribution in [-0.2, 0) is 14.3 Å².